The lowest BCUT2D eigenvalue weighted by Gasteiger charge is -2.50. The van der Waals surface area contributed by atoms with Gasteiger partial charge in [0.15, 0.2) is 116 Å². The Bertz CT molecular complexity index is 4770. The second-order valence-corrected chi connectivity index (χ2v) is 24.8. The van der Waals surface area contributed by atoms with Gasteiger partial charge in [-0.25, -0.2) is 141 Å². The van der Waals surface area contributed by atoms with E-state index in [-0.39, 0.29) is 59.1 Å². The maximum absolute atomic E-state index is 16.1. The molecule has 12 rings (SSSR count). The molecule has 46 heteroatoms. The highest BCUT2D eigenvalue weighted by atomic mass is 19.4. The van der Waals surface area contributed by atoms with Crippen LogP contribution in [-0.2, 0) is 21.7 Å². The Balaban J connectivity index is 0.000000221. The van der Waals surface area contributed by atoms with Gasteiger partial charge in [0.05, 0.1) is 22.5 Å². The van der Waals surface area contributed by atoms with Gasteiger partial charge in [0.25, 0.3) is 11.8 Å². The summed E-state index contributed by atoms with van der Waals surface area (Å²) in [7, 11) is 0. The van der Waals surface area contributed by atoms with Crippen molar-refractivity contribution in [3.05, 3.63) is 245 Å². The van der Waals surface area contributed by atoms with Crippen molar-refractivity contribution in [2.24, 2.45) is 0 Å². The largest absolute Gasteiger partial charge is 0.640 e. The van der Waals surface area contributed by atoms with Crippen LogP contribution in [0.15, 0.2) is 48.5 Å². The Kier molecular flexibility index (Phi) is 21.6. The maximum Gasteiger partial charge on any atom is 0.458 e. The van der Waals surface area contributed by atoms with Crippen molar-refractivity contribution in [2.75, 3.05) is 9.62 Å². The normalized spacial score (nSPS) is 16.5. The summed E-state index contributed by atoms with van der Waals surface area (Å²) >= 11 is 0. The number of anilines is 2. The number of alkyl halides is 6. The molecule has 2 heterocycles. The number of para-hydroxylation sites is 2. The molecule has 8 nitrogen and oxygen atoms in total. The minimum atomic E-state index is -6.45. The van der Waals surface area contributed by atoms with E-state index in [2.05, 4.69) is 0 Å². The molecule has 2 saturated carbocycles. The third-order valence-corrected chi connectivity index (χ3v) is 18.8. The molecule has 0 saturated heterocycles. The number of hydrogen-bond acceptors (Lipinski definition) is 4. The standard InChI is InChI=1S/2C33H15BF18N2O2/c2*35-16-13(17(36)23(42)28(47)22(16)41)31-53(10-6-2-1-3-7-10)32(55)54(12-9-5-4-8-11(12)33(50,51)52)34(56-31,14-18(37)24(43)29(48)25(44)19(14)38)15-20(39)26(45)30(49)27(46)21(15)40/h2*4-5,8-10H,1-3,6-7H2. The summed E-state index contributed by atoms with van der Waals surface area (Å²) in [5.41, 5.74) is -25.2. The van der Waals surface area contributed by atoms with Crippen LogP contribution in [0.1, 0.15) is 86.5 Å². The van der Waals surface area contributed by atoms with E-state index in [9.17, 15) is 79.8 Å². The fourth-order valence-electron chi connectivity index (χ4n) is 13.9. The highest BCUT2D eigenvalue weighted by Gasteiger charge is 2.66. The lowest BCUT2D eigenvalue weighted by atomic mass is 9.38. The van der Waals surface area contributed by atoms with Crippen LogP contribution in [0.3, 0.4) is 0 Å². The van der Waals surface area contributed by atoms with E-state index >= 15 is 87.8 Å². The van der Waals surface area contributed by atoms with Crippen LogP contribution in [0.25, 0.3) is 0 Å². The first-order chi connectivity index (χ1) is 52.2. The zero-order valence-corrected chi connectivity index (χ0v) is 54.0. The monoisotopic (exact) mass is 1650 g/mol. The molecule has 2 aliphatic carbocycles. The van der Waals surface area contributed by atoms with Gasteiger partial charge in [-0.05, 0) is 97.5 Å². The Morgan fingerprint density at radius 3 is 0.670 bits per heavy atom. The lowest BCUT2D eigenvalue weighted by molar-refractivity contribution is -0.484. The molecule has 596 valence electrons. The number of hydrogen-bond donors (Lipinski definition) is 0. The fourth-order valence-corrected chi connectivity index (χ4v) is 13.9. The average Bonchev–Trinajstić information content (AvgIpc) is 0.688. The summed E-state index contributed by atoms with van der Waals surface area (Å²) in [6, 6.07) is -5.82. The molecule has 0 bridgehead atoms. The Morgan fingerprint density at radius 1 is 0.277 bits per heavy atom. The zero-order chi connectivity index (χ0) is 83.0. The molecule has 8 aromatic rings. The molecule has 2 aliphatic heterocycles. The molecule has 0 unspecified atom stereocenters. The number of carbonyl (C=O) groups is 2. The van der Waals surface area contributed by atoms with Crippen molar-refractivity contribution in [1.29, 1.82) is 0 Å². The van der Waals surface area contributed by atoms with E-state index in [1.165, 1.54) is 0 Å². The van der Waals surface area contributed by atoms with Crippen LogP contribution in [0, 0.1) is 175 Å². The summed E-state index contributed by atoms with van der Waals surface area (Å²) in [6.45, 7) is -12.9. The minimum absolute atomic E-state index is 0.00351. The van der Waals surface area contributed by atoms with E-state index in [0.29, 0.717) is 37.1 Å². The highest BCUT2D eigenvalue weighted by molar-refractivity contribution is 7.04. The smallest absolute Gasteiger partial charge is 0.458 e. The molecule has 0 aromatic heterocycles. The van der Waals surface area contributed by atoms with E-state index in [1.807, 2.05) is 0 Å². The van der Waals surface area contributed by atoms with Gasteiger partial charge < -0.3 is 18.9 Å². The highest BCUT2D eigenvalue weighted by Crippen LogP contribution is 2.46. The van der Waals surface area contributed by atoms with Crippen molar-refractivity contribution in [3.8, 4) is 0 Å². The van der Waals surface area contributed by atoms with Crippen LogP contribution >= 0.6 is 0 Å². The summed E-state index contributed by atoms with van der Waals surface area (Å²) in [5, 5.41) is 0. The van der Waals surface area contributed by atoms with Crippen molar-refractivity contribution >= 4 is 70.1 Å². The van der Waals surface area contributed by atoms with Crippen LogP contribution in [0.2, 0.25) is 0 Å². The summed E-state index contributed by atoms with van der Waals surface area (Å²) in [6.07, 6.45) is -12.6. The molecule has 112 heavy (non-hydrogen) atoms. The van der Waals surface area contributed by atoms with Crippen LogP contribution in [-0.4, -0.2) is 58.1 Å². The van der Waals surface area contributed by atoms with Gasteiger partial charge in [-0.1, -0.05) is 37.1 Å². The Hall–Kier alpha value is -10.8. The maximum atomic E-state index is 16.1. The van der Waals surface area contributed by atoms with Crippen molar-refractivity contribution in [1.82, 2.24) is 0 Å². The third kappa shape index (κ3) is 12.5. The first kappa shape index (κ1) is 82.2. The fraction of sp³-hybridized carbons (Fsp3) is 0.212. The molecule has 4 aliphatic rings. The molecule has 4 amide bonds. The van der Waals surface area contributed by atoms with E-state index < -0.39 is 327 Å². The topological polar surface area (TPSA) is 65.1 Å². The van der Waals surface area contributed by atoms with Gasteiger partial charge in [0.2, 0.25) is 11.6 Å². The second kappa shape index (κ2) is 29.4. The predicted molar refractivity (Wildman–Crippen MR) is 311 cm³/mol. The van der Waals surface area contributed by atoms with Gasteiger partial charge in [0, 0.05) is 0 Å². The molecule has 0 atom stereocenters. The number of amides is 4. The van der Waals surface area contributed by atoms with Gasteiger partial charge in [-0.15, -0.1) is 0 Å². The molecule has 8 aromatic carbocycles. The van der Waals surface area contributed by atoms with E-state index in [0.717, 1.165) is 0 Å². The summed E-state index contributed by atoms with van der Waals surface area (Å²) in [4.78, 5) is 28.0. The lowest BCUT2D eigenvalue weighted by Crippen LogP contribution is -2.81. The molecule has 0 radical (unpaired) electrons. The second-order valence-electron chi connectivity index (χ2n) is 24.8. The number of halogens is 36. The number of benzene rings is 8. The average molecular weight is 1650 g/mol. The molecule has 2 fully saturated rings. The molecule has 0 spiro atoms. The Morgan fingerprint density at radius 2 is 0.464 bits per heavy atom. The summed E-state index contributed by atoms with van der Waals surface area (Å²) < 4.78 is 556. The first-order valence-corrected chi connectivity index (χ1v) is 31.4. The van der Waals surface area contributed by atoms with Gasteiger partial charge in [0.1, 0.15) is 69.7 Å². The predicted octanol–water partition coefficient (Wildman–Crippen LogP) is 17.6. The van der Waals surface area contributed by atoms with E-state index in [1.54, 1.807) is 0 Å². The van der Waals surface area contributed by atoms with Crippen molar-refractivity contribution in [2.45, 2.75) is 88.6 Å². The van der Waals surface area contributed by atoms with Gasteiger partial charge in [-0.3, -0.25) is 0 Å². The number of rotatable bonds is 10. The van der Waals surface area contributed by atoms with Crippen molar-refractivity contribution < 1.29 is 186 Å². The SMILES string of the molecule is O=C1N(c2ccccc2C(F)(F)F)[B-](c2c(F)c(F)c(F)c(F)c2F)(c2c(F)c(F)c(F)c(F)c2F)OC(c2c(F)c(F)c(F)c(F)c2F)=[N+]1C1CCCCC1.O=C1N(c2ccccc2C(F)(F)F)[B-](c2c(F)c(F)c(F)c(F)c2F)(c2c(F)c(F)c(F)c(F)c2F)OC(c2c(F)c(F)c(F)c(F)c2F)=[N+]1C1CCCCC1. The molecular formula is C66H30B2F36N4O4. The van der Waals surface area contributed by atoms with Gasteiger partial charge in [-0.2, -0.15) is 35.5 Å². The van der Waals surface area contributed by atoms with Crippen LogP contribution in [0.5, 0.6) is 0 Å². The van der Waals surface area contributed by atoms with Crippen molar-refractivity contribution in [3.63, 3.8) is 0 Å². The quantitative estimate of drug-likeness (QED) is 0.0450. The first-order valence-electron chi connectivity index (χ1n) is 31.4. The Labute approximate surface area is 598 Å². The molecular weight excluding hydrogens is 1620 g/mol. The molecule has 0 N–H and O–H groups in total. The third-order valence-electron chi connectivity index (χ3n) is 18.8. The van der Waals surface area contributed by atoms with Gasteiger partial charge >= 0.3 is 37.4 Å². The summed E-state index contributed by atoms with van der Waals surface area (Å²) in [5.74, 6) is -98.9. The van der Waals surface area contributed by atoms with Crippen LogP contribution in [0.4, 0.5) is 179 Å². The van der Waals surface area contributed by atoms with Crippen LogP contribution < -0.4 is 31.5 Å². The van der Waals surface area contributed by atoms with E-state index in [4.69, 9.17) is 9.31 Å². The minimum Gasteiger partial charge on any atom is -0.640 e. The zero-order valence-electron chi connectivity index (χ0n) is 54.0. The number of nitrogens with zero attached hydrogens (tertiary/aromatic N) is 4. The number of urea groups is 2. The number of carbonyl (C=O) groups excluding carboxylic acids is 2.